The molecule has 0 aromatic rings. The summed E-state index contributed by atoms with van der Waals surface area (Å²) in [5.41, 5.74) is 0. The van der Waals surface area contributed by atoms with E-state index in [1.54, 1.807) is 7.05 Å². The quantitative estimate of drug-likeness (QED) is 0.328. The van der Waals surface area contributed by atoms with E-state index in [1.165, 1.54) is 0 Å². The lowest BCUT2D eigenvalue weighted by molar-refractivity contribution is -0.107. The molecule has 0 aliphatic carbocycles. The lowest BCUT2D eigenvalue weighted by Crippen LogP contribution is -2.23. The van der Waals surface area contributed by atoms with E-state index in [1.807, 2.05) is 0 Å². The van der Waals surface area contributed by atoms with Crippen LogP contribution in [0.3, 0.4) is 0 Å². The summed E-state index contributed by atoms with van der Waals surface area (Å²) in [6, 6.07) is 0. The third-order valence-corrected chi connectivity index (χ3v) is 1.88. The highest BCUT2D eigenvalue weighted by atomic mass is 16.3. The maximum absolute atomic E-state index is 9.94. The van der Waals surface area contributed by atoms with Crippen molar-refractivity contribution < 1.29 is 9.90 Å². The Balaban J connectivity index is 2.95. The predicted molar refractivity (Wildman–Crippen MR) is 48.8 cm³/mol. The Morgan fingerprint density at radius 3 is 2.58 bits per heavy atom. The van der Waals surface area contributed by atoms with Crippen LogP contribution in [0.4, 0.5) is 0 Å². The van der Waals surface area contributed by atoms with Gasteiger partial charge in [-0.05, 0) is 26.3 Å². The van der Waals surface area contributed by atoms with E-state index in [-0.39, 0.29) is 6.23 Å². The van der Waals surface area contributed by atoms with E-state index in [9.17, 15) is 4.79 Å². The molecule has 0 saturated heterocycles. The average Bonchev–Trinajstić information content (AvgIpc) is 2.10. The van der Waals surface area contributed by atoms with Gasteiger partial charge in [-0.2, -0.15) is 0 Å². The molecule has 3 heteroatoms. The van der Waals surface area contributed by atoms with Crippen molar-refractivity contribution in [3.8, 4) is 0 Å². The molecule has 0 bridgehead atoms. The predicted octanol–water partition coefficient (Wildman–Crippen LogP) is 1.06. The summed E-state index contributed by atoms with van der Waals surface area (Å²) in [5, 5.41) is 11.9. The molecule has 0 radical (unpaired) electrons. The second-order valence-electron chi connectivity index (χ2n) is 2.96. The molecule has 0 amide bonds. The molecule has 0 aliphatic heterocycles. The minimum Gasteiger partial charge on any atom is -0.379 e. The molecule has 0 saturated carbocycles. The van der Waals surface area contributed by atoms with Gasteiger partial charge < -0.3 is 9.90 Å². The second-order valence-corrected chi connectivity index (χ2v) is 2.96. The standard InChI is InChI=1S/C9H19NO2/c1-10-9(12)7-5-3-2-4-6-8-11/h8-10,12H,2-7H2,1H3. The molecule has 0 heterocycles. The number of aldehydes is 1. The normalized spacial score (nSPS) is 12.8. The van der Waals surface area contributed by atoms with Crippen LogP contribution in [-0.2, 0) is 4.79 Å². The maximum atomic E-state index is 9.94. The van der Waals surface area contributed by atoms with E-state index in [4.69, 9.17) is 5.11 Å². The Hall–Kier alpha value is -0.410. The molecule has 1 unspecified atom stereocenters. The zero-order valence-corrected chi connectivity index (χ0v) is 7.75. The van der Waals surface area contributed by atoms with Gasteiger partial charge in [0.25, 0.3) is 0 Å². The van der Waals surface area contributed by atoms with Crippen LogP contribution < -0.4 is 5.32 Å². The zero-order valence-electron chi connectivity index (χ0n) is 7.75. The molecule has 0 aliphatic rings. The van der Waals surface area contributed by atoms with E-state index in [2.05, 4.69) is 5.32 Å². The van der Waals surface area contributed by atoms with Crippen molar-refractivity contribution in [3.63, 3.8) is 0 Å². The first-order valence-corrected chi connectivity index (χ1v) is 4.60. The van der Waals surface area contributed by atoms with Crippen LogP contribution in [0.1, 0.15) is 38.5 Å². The first kappa shape index (κ1) is 11.6. The average molecular weight is 173 g/mol. The van der Waals surface area contributed by atoms with Gasteiger partial charge in [-0.1, -0.05) is 12.8 Å². The number of hydrogen-bond acceptors (Lipinski definition) is 3. The smallest absolute Gasteiger partial charge is 0.119 e. The van der Waals surface area contributed by atoms with Crippen LogP contribution in [0, 0.1) is 0 Å². The van der Waals surface area contributed by atoms with Gasteiger partial charge >= 0.3 is 0 Å². The third-order valence-electron chi connectivity index (χ3n) is 1.88. The molecule has 0 rings (SSSR count). The molecule has 1 atom stereocenters. The number of unbranched alkanes of at least 4 members (excludes halogenated alkanes) is 4. The summed E-state index contributed by atoms with van der Waals surface area (Å²) < 4.78 is 0. The van der Waals surface area contributed by atoms with Gasteiger partial charge in [0.05, 0.1) is 0 Å². The van der Waals surface area contributed by atoms with Gasteiger partial charge in [-0.25, -0.2) is 0 Å². The molecule has 0 spiro atoms. The van der Waals surface area contributed by atoms with Crippen LogP contribution in [0.25, 0.3) is 0 Å². The highest BCUT2D eigenvalue weighted by Crippen LogP contribution is 2.05. The van der Waals surface area contributed by atoms with Gasteiger partial charge in [0, 0.05) is 6.42 Å². The minimum absolute atomic E-state index is 0.365. The lowest BCUT2D eigenvalue weighted by atomic mass is 10.1. The van der Waals surface area contributed by atoms with Crippen molar-refractivity contribution in [1.82, 2.24) is 5.32 Å². The summed E-state index contributed by atoms with van der Waals surface area (Å²) in [6.07, 6.45) is 6.28. The van der Waals surface area contributed by atoms with E-state index >= 15 is 0 Å². The van der Waals surface area contributed by atoms with Crippen molar-refractivity contribution in [2.45, 2.75) is 44.8 Å². The van der Waals surface area contributed by atoms with E-state index < -0.39 is 0 Å². The van der Waals surface area contributed by atoms with Crippen LogP contribution in [0.2, 0.25) is 0 Å². The molecule has 3 nitrogen and oxygen atoms in total. The monoisotopic (exact) mass is 173 g/mol. The second kappa shape index (κ2) is 8.68. The number of aliphatic hydroxyl groups is 1. The van der Waals surface area contributed by atoms with Gasteiger partial charge in [0.15, 0.2) is 0 Å². The molecule has 0 fully saturated rings. The van der Waals surface area contributed by atoms with E-state index in [0.29, 0.717) is 6.42 Å². The number of hydrogen-bond donors (Lipinski definition) is 2. The third kappa shape index (κ3) is 7.69. The fourth-order valence-electron chi connectivity index (χ4n) is 1.06. The van der Waals surface area contributed by atoms with Crippen LogP contribution in [0.5, 0.6) is 0 Å². The Kier molecular flexibility index (Phi) is 8.39. The maximum Gasteiger partial charge on any atom is 0.119 e. The largest absolute Gasteiger partial charge is 0.379 e. The van der Waals surface area contributed by atoms with E-state index in [0.717, 1.165) is 38.4 Å². The number of carbonyl (C=O) groups is 1. The molecule has 12 heavy (non-hydrogen) atoms. The highest BCUT2D eigenvalue weighted by molar-refractivity contribution is 5.48. The summed E-state index contributed by atoms with van der Waals surface area (Å²) in [7, 11) is 1.75. The SMILES string of the molecule is CNC(O)CCCCCCC=O. The fraction of sp³-hybridized carbons (Fsp3) is 0.889. The molecule has 2 N–H and O–H groups in total. The molecule has 0 aromatic heterocycles. The van der Waals surface area contributed by atoms with Crippen LogP contribution in [-0.4, -0.2) is 24.7 Å². The Labute approximate surface area is 74.2 Å². The van der Waals surface area contributed by atoms with Crippen LogP contribution >= 0.6 is 0 Å². The lowest BCUT2D eigenvalue weighted by Gasteiger charge is -2.07. The first-order chi connectivity index (χ1) is 5.81. The van der Waals surface area contributed by atoms with Crippen molar-refractivity contribution in [1.29, 1.82) is 0 Å². The number of carbonyl (C=O) groups excluding carboxylic acids is 1. The van der Waals surface area contributed by atoms with Crippen molar-refractivity contribution in [2.24, 2.45) is 0 Å². The van der Waals surface area contributed by atoms with Crippen molar-refractivity contribution >= 4 is 6.29 Å². The van der Waals surface area contributed by atoms with Gasteiger partial charge in [-0.3, -0.25) is 5.32 Å². The minimum atomic E-state index is -0.365. The first-order valence-electron chi connectivity index (χ1n) is 4.60. The number of aliphatic hydroxyl groups excluding tert-OH is 1. The highest BCUT2D eigenvalue weighted by Gasteiger charge is 1.98. The summed E-state index contributed by atoms with van der Waals surface area (Å²) in [6.45, 7) is 0. The summed E-state index contributed by atoms with van der Waals surface area (Å²) >= 11 is 0. The topological polar surface area (TPSA) is 49.3 Å². The molecule has 0 aromatic carbocycles. The fourth-order valence-corrected chi connectivity index (χ4v) is 1.06. The Morgan fingerprint density at radius 1 is 1.33 bits per heavy atom. The summed E-state index contributed by atoms with van der Waals surface area (Å²) in [4.78, 5) is 9.94. The number of rotatable bonds is 8. The van der Waals surface area contributed by atoms with Gasteiger partial charge in [0.2, 0.25) is 0 Å². The number of nitrogens with one attached hydrogen (secondary N) is 1. The zero-order chi connectivity index (χ0) is 9.23. The molecular formula is C9H19NO2. The van der Waals surface area contributed by atoms with Crippen LogP contribution in [0.15, 0.2) is 0 Å². The van der Waals surface area contributed by atoms with Crippen molar-refractivity contribution in [2.75, 3.05) is 7.05 Å². The van der Waals surface area contributed by atoms with Gasteiger partial charge in [-0.15, -0.1) is 0 Å². The molecular weight excluding hydrogens is 154 g/mol. The summed E-state index contributed by atoms with van der Waals surface area (Å²) in [5.74, 6) is 0. The Morgan fingerprint density at radius 2 is 2.00 bits per heavy atom. The van der Waals surface area contributed by atoms with Crippen molar-refractivity contribution in [3.05, 3.63) is 0 Å². The Bertz CT molecular complexity index is 107. The van der Waals surface area contributed by atoms with Gasteiger partial charge in [0.1, 0.15) is 12.5 Å². The molecule has 72 valence electrons.